The highest BCUT2D eigenvalue weighted by atomic mass is 32.1. The maximum atomic E-state index is 6.29. The van der Waals surface area contributed by atoms with Gasteiger partial charge in [0.1, 0.15) is 0 Å². The average Bonchev–Trinajstić information content (AvgIpc) is 3.39. The fourth-order valence-corrected chi connectivity index (χ4v) is 3.77. The predicted octanol–water partition coefficient (Wildman–Crippen LogP) is 4.40. The zero-order chi connectivity index (χ0) is 20.5. The second-order valence-electron chi connectivity index (χ2n) is 7.16. The number of nitrogens with one attached hydrogen (secondary N) is 1. The Labute approximate surface area is 178 Å². The van der Waals surface area contributed by atoms with Gasteiger partial charge in [0.2, 0.25) is 11.8 Å². The molecule has 0 spiro atoms. The Hall–Kier alpha value is -3.23. The third kappa shape index (κ3) is 3.44. The third-order valence-electron chi connectivity index (χ3n) is 5.10. The molecule has 7 nitrogen and oxygen atoms in total. The Balaban J connectivity index is 1.68. The number of para-hydroxylation sites is 1. The van der Waals surface area contributed by atoms with Crippen molar-refractivity contribution in [1.29, 1.82) is 0 Å². The zero-order valence-corrected chi connectivity index (χ0v) is 17.4. The van der Waals surface area contributed by atoms with Gasteiger partial charge in [-0.3, -0.25) is 9.67 Å². The fraction of sp³-hybridized carbons (Fsp3) is 0.227. The fourth-order valence-electron chi connectivity index (χ4n) is 3.53. The van der Waals surface area contributed by atoms with Gasteiger partial charge in [-0.2, -0.15) is 5.10 Å². The first kappa shape index (κ1) is 18.8. The summed E-state index contributed by atoms with van der Waals surface area (Å²) in [7, 11) is 0. The van der Waals surface area contributed by atoms with Crippen LogP contribution >= 0.6 is 12.2 Å². The number of aryl methyl sites for hydroxylation is 1. The minimum Gasteiger partial charge on any atom is -0.420 e. The second-order valence-corrected chi connectivity index (χ2v) is 7.55. The van der Waals surface area contributed by atoms with E-state index in [1.54, 1.807) is 0 Å². The molecule has 152 valence electrons. The number of rotatable bonds is 4. The van der Waals surface area contributed by atoms with Crippen molar-refractivity contribution in [1.82, 2.24) is 19.7 Å². The maximum Gasteiger partial charge on any atom is 0.229 e. The quantitative estimate of drug-likeness (QED) is 0.495. The molecule has 1 saturated heterocycles. The Morgan fingerprint density at radius 2 is 1.73 bits per heavy atom. The third-order valence-corrected chi connectivity index (χ3v) is 5.38. The van der Waals surface area contributed by atoms with Gasteiger partial charge in [0, 0.05) is 18.7 Å². The molecular weight excluding hydrogens is 398 g/mol. The summed E-state index contributed by atoms with van der Waals surface area (Å²) in [6.45, 7) is 4.80. The molecule has 0 aliphatic carbocycles. The first-order valence-electron chi connectivity index (χ1n) is 9.84. The highest BCUT2D eigenvalue weighted by molar-refractivity contribution is 7.71. The topological polar surface area (TPSA) is 72.1 Å². The van der Waals surface area contributed by atoms with Crippen molar-refractivity contribution in [2.75, 3.05) is 31.2 Å². The van der Waals surface area contributed by atoms with Gasteiger partial charge in [-0.05, 0) is 43.4 Å². The Bertz CT molecular complexity index is 1200. The van der Waals surface area contributed by atoms with Gasteiger partial charge in [-0.1, -0.05) is 35.9 Å². The van der Waals surface area contributed by atoms with Crippen molar-refractivity contribution in [2.45, 2.75) is 6.92 Å². The molecule has 1 N–H and O–H groups in total. The summed E-state index contributed by atoms with van der Waals surface area (Å²) in [5.41, 5.74) is 3.67. The molecule has 1 aliphatic rings. The second kappa shape index (κ2) is 7.89. The SMILES string of the molecule is Cc1ccc(-c2nc(-c3n[nH]c(=S)n3-c3ccccc3)c(N3CCOCC3)o2)cc1. The minimum absolute atomic E-state index is 0.504. The van der Waals surface area contributed by atoms with E-state index >= 15 is 0 Å². The van der Waals surface area contributed by atoms with Crippen molar-refractivity contribution in [3.63, 3.8) is 0 Å². The number of H-pyrrole nitrogens is 1. The Morgan fingerprint density at radius 1 is 1.00 bits per heavy atom. The van der Waals surface area contributed by atoms with Gasteiger partial charge in [0.05, 0.1) is 18.9 Å². The molecule has 2 aromatic heterocycles. The molecule has 0 atom stereocenters. The van der Waals surface area contributed by atoms with E-state index in [9.17, 15) is 0 Å². The number of nitrogens with zero attached hydrogens (tertiary/aromatic N) is 4. The Morgan fingerprint density at radius 3 is 2.47 bits per heavy atom. The van der Waals surface area contributed by atoms with Crippen LogP contribution in [0.15, 0.2) is 59.0 Å². The molecule has 0 radical (unpaired) electrons. The van der Waals surface area contributed by atoms with Crippen molar-refractivity contribution < 1.29 is 9.15 Å². The van der Waals surface area contributed by atoms with E-state index in [0.29, 0.717) is 41.3 Å². The number of morpholine rings is 1. The molecule has 2 aromatic carbocycles. The summed E-state index contributed by atoms with van der Waals surface area (Å²) < 4.78 is 14.2. The number of aromatic nitrogens is 4. The predicted molar refractivity (Wildman–Crippen MR) is 117 cm³/mol. The lowest BCUT2D eigenvalue weighted by Crippen LogP contribution is -2.36. The van der Waals surface area contributed by atoms with Crippen molar-refractivity contribution >= 4 is 18.1 Å². The summed E-state index contributed by atoms with van der Waals surface area (Å²) in [5, 5.41) is 7.42. The van der Waals surface area contributed by atoms with Crippen LogP contribution in [0.1, 0.15) is 5.56 Å². The first-order valence-corrected chi connectivity index (χ1v) is 10.3. The lowest BCUT2D eigenvalue weighted by atomic mass is 10.1. The van der Waals surface area contributed by atoms with Crippen LogP contribution in [0.2, 0.25) is 0 Å². The molecule has 3 heterocycles. The van der Waals surface area contributed by atoms with Crippen molar-refractivity contribution in [3.8, 4) is 28.7 Å². The molecule has 0 bridgehead atoms. The van der Waals surface area contributed by atoms with Crippen LogP contribution in [0.25, 0.3) is 28.7 Å². The van der Waals surface area contributed by atoms with Crippen molar-refractivity contribution in [3.05, 3.63) is 64.9 Å². The van der Waals surface area contributed by atoms with E-state index < -0.39 is 0 Å². The summed E-state index contributed by atoms with van der Waals surface area (Å²) in [6, 6.07) is 18.0. The molecule has 0 unspecified atom stereocenters. The molecule has 30 heavy (non-hydrogen) atoms. The van der Waals surface area contributed by atoms with Gasteiger partial charge in [-0.25, -0.2) is 4.98 Å². The van der Waals surface area contributed by atoms with Gasteiger partial charge in [0.25, 0.3) is 0 Å². The minimum atomic E-state index is 0.504. The van der Waals surface area contributed by atoms with Crippen LogP contribution in [0.4, 0.5) is 5.88 Å². The molecule has 8 heteroatoms. The smallest absolute Gasteiger partial charge is 0.229 e. The molecule has 1 fully saturated rings. The van der Waals surface area contributed by atoms with E-state index in [0.717, 1.165) is 24.3 Å². The largest absolute Gasteiger partial charge is 0.420 e. The van der Waals surface area contributed by atoms with E-state index in [4.69, 9.17) is 26.4 Å². The summed E-state index contributed by atoms with van der Waals surface area (Å²) in [4.78, 5) is 7.01. The molecule has 1 aliphatic heterocycles. The number of anilines is 1. The van der Waals surface area contributed by atoms with E-state index in [2.05, 4.69) is 22.0 Å². The summed E-state index contributed by atoms with van der Waals surface area (Å²) in [6.07, 6.45) is 0. The standard InChI is InChI=1S/C22H21N5O2S/c1-15-7-9-16(10-8-15)20-23-18(21(29-20)26-11-13-28-14-12-26)19-24-25-22(30)27(19)17-5-3-2-4-6-17/h2-10H,11-14H2,1H3,(H,25,30). The van der Waals surface area contributed by atoms with Crippen LogP contribution in [-0.4, -0.2) is 46.1 Å². The van der Waals surface area contributed by atoms with Gasteiger partial charge >= 0.3 is 0 Å². The van der Waals surface area contributed by atoms with Crippen molar-refractivity contribution in [2.24, 2.45) is 0 Å². The lowest BCUT2D eigenvalue weighted by Gasteiger charge is -2.26. The highest BCUT2D eigenvalue weighted by Crippen LogP contribution is 2.35. The van der Waals surface area contributed by atoms with E-state index in [-0.39, 0.29) is 0 Å². The number of ether oxygens (including phenoxy) is 1. The van der Waals surface area contributed by atoms with Gasteiger partial charge < -0.3 is 14.1 Å². The average molecular weight is 420 g/mol. The van der Waals surface area contributed by atoms with Gasteiger partial charge in [0.15, 0.2) is 16.3 Å². The van der Waals surface area contributed by atoms with Crippen LogP contribution in [0.5, 0.6) is 0 Å². The highest BCUT2D eigenvalue weighted by Gasteiger charge is 2.27. The summed E-state index contributed by atoms with van der Waals surface area (Å²) >= 11 is 5.52. The normalized spacial score (nSPS) is 14.2. The van der Waals surface area contributed by atoms with E-state index in [1.807, 2.05) is 59.2 Å². The van der Waals surface area contributed by atoms with E-state index in [1.165, 1.54) is 5.56 Å². The Kier molecular flexibility index (Phi) is 4.94. The molecule has 0 amide bonds. The number of aromatic amines is 1. The zero-order valence-electron chi connectivity index (χ0n) is 16.5. The molecule has 4 aromatic rings. The molecule has 0 saturated carbocycles. The molecular formula is C22H21N5O2S. The lowest BCUT2D eigenvalue weighted by molar-refractivity contribution is 0.121. The van der Waals surface area contributed by atoms with Crippen LogP contribution in [0, 0.1) is 11.7 Å². The summed E-state index contributed by atoms with van der Waals surface area (Å²) in [5.74, 6) is 1.86. The van der Waals surface area contributed by atoms with Crippen LogP contribution < -0.4 is 4.90 Å². The number of oxazole rings is 1. The number of hydrogen-bond donors (Lipinski definition) is 1. The number of hydrogen-bond acceptors (Lipinski definition) is 6. The number of benzene rings is 2. The van der Waals surface area contributed by atoms with Crippen LogP contribution in [0.3, 0.4) is 0 Å². The maximum absolute atomic E-state index is 6.29. The monoisotopic (exact) mass is 419 g/mol. The molecule has 5 rings (SSSR count). The van der Waals surface area contributed by atoms with Gasteiger partial charge in [-0.15, -0.1) is 0 Å². The van der Waals surface area contributed by atoms with Crippen LogP contribution in [-0.2, 0) is 4.74 Å². The first-order chi connectivity index (χ1) is 14.7.